The van der Waals surface area contributed by atoms with Gasteiger partial charge in [-0.1, -0.05) is 6.92 Å². The highest BCUT2D eigenvalue weighted by Gasteiger charge is 2.10. The number of rotatable bonds is 4. The molecule has 0 aliphatic heterocycles. The van der Waals surface area contributed by atoms with Crippen LogP contribution in [0.3, 0.4) is 0 Å². The van der Waals surface area contributed by atoms with Crippen LogP contribution in [0, 0.1) is 6.92 Å². The number of fused-ring (bicyclic) bond motifs is 1. The van der Waals surface area contributed by atoms with Gasteiger partial charge in [-0.15, -0.1) is 11.3 Å². The predicted molar refractivity (Wildman–Crippen MR) is 66.9 cm³/mol. The zero-order chi connectivity index (χ0) is 11.5. The monoisotopic (exact) mass is 237 g/mol. The van der Waals surface area contributed by atoms with Gasteiger partial charge in [0, 0.05) is 4.88 Å². The van der Waals surface area contributed by atoms with Gasteiger partial charge in [-0.2, -0.15) is 0 Å². The van der Waals surface area contributed by atoms with E-state index in [1.807, 2.05) is 6.92 Å². The van der Waals surface area contributed by atoms with Gasteiger partial charge in [0.2, 0.25) is 0 Å². The second kappa shape index (κ2) is 4.76. The minimum atomic E-state index is 0.0540. The molecule has 2 heterocycles. The summed E-state index contributed by atoms with van der Waals surface area (Å²) in [5.74, 6) is 0.815. The van der Waals surface area contributed by atoms with E-state index in [4.69, 9.17) is 5.11 Å². The van der Waals surface area contributed by atoms with Gasteiger partial charge in [0.25, 0.3) is 0 Å². The molecule has 0 saturated heterocycles. The van der Waals surface area contributed by atoms with Crippen LogP contribution >= 0.6 is 11.3 Å². The van der Waals surface area contributed by atoms with Crippen LogP contribution in [0.2, 0.25) is 0 Å². The Labute approximate surface area is 98.4 Å². The van der Waals surface area contributed by atoms with Crippen LogP contribution in [0.5, 0.6) is 0 Å². The Hall–Kier alpha value is -1.20. The topological polar surface area (TPSA) is 58.0 Å². The van der Waals surface area contributed by atoms with E-state index in [2.05, 4.69) is 28.3 Å². The average molecular weight is 237 g/mol. The van der Waals surface area contributed by atoms with Gasteiger partial charge in [-0.05, 0) is 19.4 Å². The first kappa shape index (κ1) is 11.3. The van der Waals surface area contributed by atoms with Crippen molar-refractivity contribution < 1.29 is 5.11 Å². The first-order chi connectivity index (χ1) is 7.74. The van der Waals surface area contributed by atoms with Gasteiger partial charge in [0.05, 0.1) is 18.0 Å². The number of hydrogen-bond donors (Lipinski definition) is 2. The van der Waals surface area contributed by atoms with E-state index in [1.54, 1.807) is 17.7 Å². The number of anilines is 1. The molecule has 2 aromatic rings. The van der Waals surface area contributed by atoms with Crippen LogP contribution in [0.1, 0.15) is 18.2 Å². The molecule has 86 valence electrons. The number of hydrogen-bond acceptors (Lipinski definition) is 5. The number of aliphatic hydroxyl groups is 1. The molecule has 16 heavy (non-hydrogen) atoms. The molecule has 1 atom stereocenters. The number of aryl methyl sites for hydroxylation is 1. The largest absolute Gasteiger partial charge is 0.394 e. The van der Waals surface area contributed by atoms with E-state index >= 15 is 0 Å². The van der Waals surface area contributed by atoms with Crippen LogP contribution in [0.4, 0.5) is 5.82 Å². The fraction of sp³-hybridized carbons (Fsp3) is 0.455. The summed E-state index contributed by atoms with van der Waals surface area (Å²) in [4.78, 5) is 10.7. The molecule has 4 nitrogen and oxygen atoms in total. The highest BCUT2D eigenvalue weighted by atomic mass is 32.1. The number of nitrogens with one attached hydrogen (secondary N) is 1. The van der Waals surface area contributed by atoms with Crippen molar-refractivity contribution in [3.8, 4) is 0 Å². The minimum absolute atomic E-state index is 0.0540. The van der Waals surface area contributed by atoms with Crippen LogP contribution in [0.15, 0.2) is 12.4 Å². The van der Waals surface area contributed by atoms with Crippen molar-refractivity contribution in [3.63, 3.8) is 0 Å². The quantitative estimate of drug-likeness (QED) is 0.855. The lowest BCUT2D eigenvalue weighted by atomic mass is 10.2. The summed E-state index contributed by atoms with van der Waals surface area (Å²) < 4.78 is 0. The first-order valence-electron chi connectivity index (χ1n) is 5.33. The van der Waals surface area contributed by atoms with Crippen molar-refractivity contribution in [2.45, 2.75) is 26.3 Å². The molecule has 0 aliphatic rings. The highest BCUT2D eigenvalue weighted by Crippen LogP contribution is 2.27. The number of aromatic nitrogens is 2. The van der Waals surface area contributed by atoms with E-state index in [1.165, 1.54) is 4.88 Å². The lowest BCUT2D eigenvalue weighted by Gasteiger charge is -2.14. The third-order valence-corrected chi connectivity index (χ3v) is 3.47. The molecule has 0 fully saturated rings. The zero-order valence-corrected chi connectivity index (χ0v) is 10.2. The molecule has 0 unspecified atom stereocenters. The van der Waals surface area contributed by atoms with Gasteiger partial charge < -0.3 is 10.4 Å². The molecule has 0 aromatic carbocycles. The SMILES string of the molecule is CC[C@H](CO)Nc1ncnc2sc(C)cc12. The molecule has 0 radical (unpaired) electrons. The Morgan fingerprint density at radius 2 is 2.31 bits per heavy atom. The fourth-order valence-electron chi connectivity index (χ4n) is 1.56. The summed E-state index contributed by atoms with van der Waals surface area (Å²) in [6.07, 6.45) is 2.43. The minimum Gasteiger partial charge on any atom is -0.394 e. The molecule has 0 amide bonds. The van der Waals surface area contributed by atoms with Crippen molar-refractivity contribution in [2.24, 2.45) is 0 Å². The Morgan fingerprint density at radius 1 is 1.50 bits per heavy atom. The van der Waals surface area contributed by atoms with Crippen molar-refractivity contribution in [2.75, 3.05) is 11.9 Å². The van der Waals surface area contributed by atoms with Crippen molar-refractivity contribution in [3.05, 3.63) is 17.3 Å². The average Bonchev–Trinajstić information content (AvgIpc) is 2.67. The van der Waals surface area contributed by atoms with Crippen LogP contribution in [-0.4, -0.2) is 27.7 Å². The van der Waals surface area contributed by atoms with Crippen molar-refractivity contribution in [1.29, 1.82) is 0 Å². The lowest BCUT2D eigenvalue weighted by Crippen LogP contribution is -2.23. The fourth-order valence-corrected chi connectivity index (χ4v) is 2.41. The maximum atomic E-state index is 9.16. The Morgan fingerprint density at radius 3 is 3.00 bits per heavy atom. The smallest absolute Gasteiger partial charge is 0.138 e. The van der Waals surface area contributed by atoms with Gasteiger partial charge in [0.1, 0.15) is 17.0 Å². The maximum Gasteiger partial charge on any atom is 0.138 e. The number of thiophene rings is 1. The summed E-state index contributed by atoms with van der Waals surface area (Å²) in [6, 6.07) is 2.13. The normalized spacial score (nSPS) is 12.9. The van der Waals surface area contributed by atoms with E-state index < -0.39 is 0 Å². The predicted octanol–water partition coefficient (Wildman–Crippen LogP) is 2.18. The Kier molecular flexibility index (Phi) is 3.36. The van der Waals surface area contributed by atoms with E-state index in [9.17, 15) is 0 Å². The van der Waals surface area contributed by atoms with Crippen LogP contribution in [-0.2, 0) is 0 Å². The highest BCUT2D eigenvalue weighted by molar-refractivity contribution is 7.18. The molecule has 2 N–H and O–H groups in total. The molecule has 2 aromatic heterocycles. The molecular formula is C11H15N3OS. The van der Waals surface area contributed by atoms with E-state index in [0.29, 0.717) is 0 Å². The maximum absolute atomic E-state index is 9.16. The third kappa shape index (κ3) is 2.15. The summed E-state index contributed by atoms with van der Waals surface area (Å²) in [7, 11) is 0. The second-order valence-electron chi connectivity index (χ2n) is 3.73. The summed E-state index contributed by atoms with van der Waals surface area (Å²) >= 11 is 1.65. The van der Waals surface area contributed by atoms with E-state index in [-0.39, 0.29) is 12.6 Å². The molecule has 0 saturated carbocycles. The van der Waals surface area contributed by atoms with Gasteiger partial charge in [-0.3, -0.25) is 0 Å². The lowest BCUT2D eigenvalue weighted by molar-refractivity contribution is 0.271. The Bertz CT molecular complexity index is 479. The zero-order valence-electron chi connectivity index (χ0n) is 9.40. The van der Waals surface area contributed by atoms with Crippen molar-refractivity contribution >= 4 is 27.4 Å². The molecule has 2 rings (SSSR count). The van der Waals surface area contributed by atoms with Crippen molar-refractivity contribution in [1.82, 2.24) is 9.97 Å². The first-order valence-corrected chi connectivity index (χ1v) is 6.14. The molecular weight excluding hydrogens is 222 g/mol. The third-order valence-electron chi connectivity index (χ3n) is 2.51. The van der Waals surface area contributed by atoms with Crippen LogP contribution in [0.25, 0.3) is 10.2 Å². The summed E-state index contributed by atoms with van der Waals surface area (Å²) in [5.41, 5.74) is 0. The number of aliphatic hydroxyl groups excluding tert-OH is 1. The summed E-state index contributed by atoms with van der Waals surface area (Å²) in [6.45, 7) is 4.20. The van der Waals surface area contributed by atoms with E-state index in [0.717, 1.165) is 22.5 Å². The molecule has 0 bridgehead atoms. The van der Waals surface area contributed by atoms with Gasteiger partial charge >= 0.3 is 0 Å². The number of nitrogens with zero attached hydrogens (tertiary/aromatic N) is 2. The molecule has 5 heteroatoms. The Balaban J connectivity index is 2.36. The van der Waals surface area contributed by atoms with Crippen LogP contribution < -0.4 is 5.32 Å². The molecule has 0 aliphatic carbocycles. The van der Waals surface area contributed by atoms with Gasteiger partial charge in [0.15, 0.2) is 0 Å². The van der Waals surface area contributed by atoms with Gasteiger partial charge in [-0.25, -0.2) is 9.97 Å². The second-order valence-corrected chi connectivity index (χ2v) is 4.97. The summed E-state index contributed by atoms with van der Waals surface area (Å²) in [5, 5.41) is 13.4. The standard InChI is InChI=1S/C11H15N3OS/c1-3-8(5-15)14-10-9-4-7(2)16-11(9)13-6-12-10/h4,6,8,15H,3,5H2,1-2H3,(H,12,13,14)/t8-/m1/s1. The molecule has 0 spiro atoms.